The van der Waals surface area contributed by atoms with E-state index < -0.39 is 5.91 Å². The Kier molecular flexibility index (Phi) is 4.33. The Hall–Kier alpha value is -2.68. The molecular weight excluding hydrogens is 260 g/mol. The lowest BCUT2D eigenvalue weighted by Crippen LogP contribution is -2.16. The molecule has 1 aromatic rings. The molecule has 106 valence electrons. The average molecular weight is 278 g/mol. The van der Waals surface area contributed by atoms with Gasteiger partial charge in [0.1, 0.15) is 0 Å². The second kappa shape index (κ2) is 6.18. The number of benzene rings is 1. The van der Waals surface area contributed by atoms with E-state index in [1.807, 2.05) is 55.5 Å². The van der Waals surface area contributed by atoms with Crippen LogP contribution in [0, 0.1) is 6.92 Å². The largest absolute Gasteiger partial charge is 0.366 e. The third-order valence-electron chi connectivity index (χ3n) is 3.39. The molecule has 0 saturated heterocycles. The Morgan fingerprint density at radius 3 is 2.52 bits per heavy atom. The first-order valence-corrected chi connectivity index (χ1v) is 6.70. The first-order valence-electron chi connectivity index (χ1n) is 6.70. The third kappa shape index (κ3) is 3.26. The number of aliphatic imine (C=N–C) groups is 1. The summed E-state index contributed by atoms with van der Waals surface area (Å²) in [5, 5.41) is 0. The summed E-state index contributed by atoms with van der Waals surface area (Å²) in [5.41, 5.74) is 10.1. The molecule has 0 bridgehead atoms. The predicted octanol–water partition coefficient (Wildman–Crippen LogP) is 3.33. The minimum absolute atomic E-state index is 0.445. The smallest absolute Gasteiger partial charge is 0.245 e. The van der Waals surface area contributed by atoms with E-state index in [2.05, 4.69) is 11.6 Å². The van der Waals surface area contributed by atoms with Crippen LogP contribution in [0.5, 0.6) is 0 Å². The fourth-order valence-electron chi connectivity index (χ4n) is 2.12. The Morgan fingerprint density at radius 2 is 1.86 bits per heavy atom. The SMILES string of the molecule is C=C(N=C1C=CC=C/C1=C(/C)C(N)=O)c1ccccc1C. The van der Waals surface area contributed by atoms with E-state index in [0.29, 0.717) is 17.0 Å². The van der Waals surface area contributed by atoms with Crippen molar-refractivity contribution in [3.8, 4) is 0 Å². The summed E-state index contributed by atoms with van der Waals surface area (Å²) < 4.78 is 0. The molecule has 1 amide bonds. The zero-order valence-electron chi connectivity index (χ0n) is 12.3. The van der Waals surface area contributed by atoms with E-state index in [1.165, 1.54) is 0 Å². The molecule has 1 aliphatic carbocycles. The Labute approximate surface area is 124 Å². The lowest BCUT2D eigenvalue weighted by atomic mass is 9.99. The number of amides is 1. The number of rotatable bonds is 3. The van der Waals surface area contributed by atoms with Gasteiger partial charge in [0, 0.05) is 16.7 Å². The van der Waals surface area contributed by atoms with Crippen LogP contribution < -0.4 is 5.73 Å². The molecule has 3 nitrogen and oxygen atoms in total. The van der Waals surface area contributed by atoms with Gasteiger partial charge in [-0.25, -0.2) is 4.99 Å². The number of nitrogens with two attached hydrogens (primary N) is 1. The summed E-state index contributed by atoms with van der Waals surface area (Å²) in [6, 6.07) is 7.93. The summed E-state index contributed by atoms with van der Waals surface area (Å²) in [6.45, 7) is 7.75. The van der Waals surface area contributed by atoms with Crippen LogP contribution >= 0.6 is 0 Å². The number of nitrogens with zero attached hydrogens (tertiary/aromatic N) is 1. The highest BCUT2D eigenvalue weighted by Crippen LogP contribution is 2.21. The highest BCUT2D eigenvalue weighted by atomic mass is 16.1. The first kappa shape index (κ1) is 14.7. The van der Waals surface area contributed by atoms with Gasteiger partial charge in [0.05, 0.1) is 11.4 Å². The minimum Gasteiger partial charge on any atom is -0.366 e. The molecule has 0 spiro atoms. The van der Waals surface area contributed by atoms with Gasteiger partial charge >= 0.3 is 0 Å². The molecule has 1 aromatic carbocycles. The van der Waals surface area contributed by atoms with Crippen molar-refractivity contribution in [2.45, 2.75) is 13.8 Å². The van der Waals surface area contributed by atoms with Crippen molar-refractivity contribution in [2.75, 3.05) is 0 Å². The van der Waals surface area contributed by atoms with Crippen molar-refractivity contribution < 1.29 is 4.79 Å². The minimum atomic E-state index is -0.445. The van der Waals surface area contributed by atoms with Gasteiger partial charge in [0.25, 0.3) is 0 Å². The van der Waals surface area contributed by atoms with Crippen LogP contribution in [-0.4, -0.2) is 11.6 Å². The van der Waals surface area contributed by atoms with Crippen LogP contribution in [0.3, 0.4) is 0 Å². The molecule has 0 heterocycles. The van der Waals surface area contributed by atoms with Crippen molar-refractivity contribution in [1.29, 1.82) is 0 Å². The van der Waals surface area contributed by atoms with Crippen LogP contribution in [0.2, 0.25) is 0 Å². The maximum Gasteiger partial charge on any atom is 0.245 e. The highest BCUT2D eigenvalue weighted by Gasteiger charge is 2.12. The molecule has 0 aliphatic heterocycles. The van der Waals surface area contributed by atoms with Gasteiger partial charge in [0.2, 0.25) is 5.91 Å². The molecule has 2 rings (SSSR count). The molecule has 0 fully saturated rings. The number of carbonyl (C=O) groups is 1. The van der Waals surface area contributed by atoms with Crippen LogP contribution in [-0.2, 0) is 4.79 Å². The van der Waals surface area contributed by atoms with E-state index in [4.69, 9.17) is 5.73 Å². The molecular formula is C18H18N2O. The van der Waals surface area contributed by atoms with Gasteiger partial charge in [-0.2, -0.15) is 0 Å². The molecule has 2 N–H and O–H groups in total. The van der Waals surface area contributed by atoms with Gasteiger partial charge in [-0.3, -0.25) is 4.79 Å². The van der Waals surface area contributed by atoms with E-state index in [-0.39, 0.29) is 0 Å². The summed E-state index contributed by atoms with van der Waals surface area (Å²) in [7, 11) is 0. The van der Waals surface area contributed by atoms with Crippen molar-refractivity contribution in [3.05, 3.63) is 77.4 Å². The molecule has 0 aromatic heterocycles. The van der Waals surface area contributed by atoms with Gasteiger partial charge < -0.3 is 5.73 Å². The average Bonchev–Trinajstić information content (AvgIpc) is 2.47. The van der Waals surface area contributed by atoms with Crippen molar-refractivity contribution in [3.63, 3.8) is 0 Å². The van der Waals surface area contributed by atoms with E-state index >= 15 is 0 Å². The summed E-state index contributed by atoms with van der Waals surface area (Å²) in [6.07, 6.45) is 7.42. The maximum atomic E-state index is 11.4. The molecule has 0 atom stereocenters. The number of allylic oxidation sites excluding steroid dienone is 5. The van der Waals surface area contributed by atoms with E-state index in [9.17, 15) is 4.79 Å². The van der Waals surface area contributed by atoms with Crippen molar-refractivity contribution in [1.82, 2.24) is 0 Å². The quantitative estimate of drug-likeness (QED) is 0.847. The second-order valence-corrected chi connectivity index (χ2v) is 4.88. The molecule has 21 heavy (non-hydrogen) atoms. The maximum absolute atomic E-state index is 11.4. The predicted molar refractivity (Wildman–Crippen MR) is 87.8 cm³/mol. The zero-order chi connectivity index (χ0) is 15.4. The van der Waals surface area contributed by atoms with Crippen LogP contribution in [0.25, 0.3) is 5.70 Å². The monoisotopic (exact) mass is 278 g/mol. The van der Waals surface area contributed by atoms with Crippen LogP contribution in [0.1, 0.15) is 18.1 Å². The Balaban J connectivity index is 2.44. The van der Waals surface area contributed by atoms with E-state index in [0.717, 1.165) is 16.7 Å². The number of primary amides is 1. The molecule has 1 aliphatic rings. The van der Waals surface area contributed by atoms with Crippen molar-refractivity contribution in [2.24, 2.45) is 10.7 Å². The second-order valence-electron chi connectivity index (χ2n) is 4.88. The van der Waals surface area contributed by atoms with Gasteiger partial charge in [-0.15, -0.1) is 0 Å². The lowest BCUT2D eigenvalue weighted by Gasteiger charge is -2.11. The Bertz CT molecular complexity index is 718. The normalized spacial score (nSPS) is 17.9. The summed E-state index contributed by atoms with van der Waals surface area (Å²) in [4.78, 5) is 16.0. The summed E-state index contributed by atoms with van der Waals surface area (Å²) in [5.74, 6) is -0.445. The highest BCUT2D eigenvalue weighted by molar-refractivity contribution is 6.17. The molecule has 0 unspecified atom stereocenters. The topological polar surface area (TPSA) is 55.4 Å². The van der Waals surface area contributed by atoms with Gasteiger partial charge in [0.15, 0.2) is 0 Å². The van der Waals surface area contributed by atoms with Crippen molar-refractivity contribution >= 4 is 17.3 Å². The number of hydrogen-bond acceptors (Lipinski definition) is 2. The fourth-order valence-corrected chi connectivity index (χ4v) is 2.12. The van der Waals surface area contributed by atoms with Gasteiger partial charge in [-0.1, -0.05) is 49.1 Å². The molecule has 3 heteroatoms. The fraction of sp³-hybridized carbons (Fsp3) is 0.111. The zero-order valence-corrected chi connectivity index (χ0v) is 12.3. The van der Waals surface area contributed by atoms with Gasteiger partial charge in [-0.05, 0) is 25.5 Å². The molecule has 0 radical (unpaired) electrons. The molecule has 0 saturated carbocycles. The van der Waals surface area contributed by atoms with Crippen LogP contribution in [0.15, 0.2) is 71.3 Å². The van der Waals surface area contributed by atoms with Crippen LogP contribution in [0.4, 0.5) is 0 Å². The lowest BCUT2D eigenvalue weighted by molar-refractivity contribution is -0.114. The Morgan fingerprint density at radius 1 is 1.19 bits per heavy atom. The number of hydrogen-bond donors (Lipinski definition) is 1. The summed E-state index contributed by atoms with van der Waals surface area (Å²) >= 11 is 0. The van der Waals surface area contributed by atoms with E-state index in [1.54, 1.807) is 6.92 Å². The first-order chi connectivity index (χ1) is 10.0. The standard InChI is InChI=1S/C18H18N2O/c1-12-8-4-5-9-15(12)14(3)20-17-11-7-6-10-16(17)13(2)18(19)21/h4-11H,3H2,1-2H3,(H2,19,21)/b16-13+,20-17?. The third-order valence-corrected chi connectivity index (χ3v) is 3.39. The number of carbonyl (C=O) groups excluding carboxylic acids is 1. The number of aryl methyl sites for hydroxylation is 1.